The van der Waals surface area contributed by atoms with E-state index in [0.717, 1.165) is 22.9 Å². The largest absolute Gasteiger partial charge is 0.491 e. The number of guanidine groups is 1. The van der Waals surface area contributed by atoms with Gasteiger partial charge in [-0.25, -0.2) is 8.78 Å². The second-order valence-electron chi connectivity index (χ2n) is 6.29. The maximum atomic E-state index is 13.7. The number of benzene rings is 2. The van der Waals surface area contributed by atoms with E-state index in [1.807, 2.05) is 25.1 Å². The van der Waals surface area contributed by atoms with E-state index < -0.39 is 11.6 Å². The molecule has 2 rings (SSSR count). The number of rotatable bonds is 9. The van der Waals surface area contributed by atoms with Crippen LogP contribution < -0.4 is 15.4 Å². The normalized spacial score (nSPS) is 11.4. The molecule has 0 heterocycles. The highest BCUT2D eigenvalue weighted by Gasteiger charge is 2.07. The van der Waals surface area contributed by atoms with Crippen molar-refractivity contribution >= 4 is 5.96 Å². The fourth-order valence-electron chi connectivity index (χ4n) is 2.62. The summed E-state index contributed by atoms with van der Waals surface area (Å²) in [5, 5.41) is 6.35. The van der Waals surface area contributed by atoms with E-state index in [1.165, 1.54) is 12.1 Å². The molecule has 7 heteroatoms. The van der Waals surface area contributed by atoms with E-state index >= 15 is 0 Å². The van der Waals surface area contributed by atoms with Crippen molar-refractivity contribution < 1.29 is 18.3 Å². The molecule has 2 aromatic rings. The molecule has 0 bridgehead atoms. The SMILES string of the molecule is CN=C(NCCc1ccc(F)cc1F)NCc1ccc(C)cc1OCCOC. The van der Waals surface area contributed by atoms with Gasteiger partial charge in [-0.15, -0.1) is 0 Å². The maximum Gasteiger partial charge on any atom is 0.191 e. The third-order valence-corrected chi connectivity index (χ3v) is 4.14. The number of nitrogens with one attached hydrogen (secondary N) is 2. The monoisotopic (exact) mass is 391 g/mol. The van der Waals surface area contributed by atoms with Gasteiger partial charge in [0.25, 0.3) is 0 Å². The van der Waals surface area contributed by atoms with E-state index in [0.29, 0.717) is 44.2 Å². The zero-order chi connectivity index (χ0) is 20.4. The minimum absolute atomic E-state index is 0.419. The summed E-state index contributed by atoms with van der Waals surface area (Å²) in [6, 6.07) is 9.62. The second kappa shape index (κ2) is 11.2. The van der Waals surface area contributed by atoms with Gasteiger partial charge in [0.2, 0.25) is 0 Å². The predicted molar refractivity (Wildman–Crippen MR) is 107 cm³/mol. The van der Waals surface area contributed by atoms with E-state index in [1.54, 1.807) is 14.2 Å². The molecule has 0 aliphatic carbocycles. The van der Waals surface area contributed by atoms with Crippen molar-refractivity contribution in [2.45, 2.75) is 19.9 Å². The molecule has 2 aromatic carbocycles. The summed E-state index contributed by atoms with van der Waals surface area (Å²) in [5.74, 6) is 0.273. The van der Waals surface area contributed by atoms with Gasteiger partial charge in [0.05, 0.1) is 6.61 Å². The number of nitrogens with zero attached hydrogens (tertiary/aromatic N) is 1. The molecule has 0 spiro atoms. The molecule has 0 radical (unpaired) electrons. The van der Waals surface area contributed by atoms with Crippen molar-refractivity contribution in [3.63, 3.8) is 0 Å². The minimum atomic E-state index is -0.576. The lowest BCUT2D eigenvalue weighted by Crippen LogP contribution is -2.38. The van der Waals surface area contributed by atoms with Gasteiger partial charge >= 0.3 is 0 Å². The van der Waals surface area contributed by atoms with Gasteiger partial charge in [0.1, 0.15) is 24.0 Å². The van der Waals surface area contributed by atoms with Gasteiger partial charge < -0.3 is 20.1 Å². The van der Waals surface area contributed by atoms with E-state index in [4.69, 9.17) is 9.47 Å². The summed E-state index contributed by atoms with van der Waals surface area (Å²) in [4.78, 5) is 4.17. The third kappa shape index (κ3) is 6.81. The molecule has 0 saturated carbocycles. The average Bonchev–Trinajstić information content (AvgIpc) is 2.67. The first-order chi connectivity index (χ1) is 13.5. The van der Waals surface area contributed by atoms with Crippen molar-refractivity contribution in [2.75, 3.05) is 33.9 Å². The maximum absolute atomic E-state index is 13.7. The number of hydrogen-bond donors (Lipinski definition) is 2. The Balaban J connectivity index is 1.88. The van der Waals surface area contributed by atoms with E-state index in [-0.39, 0.29) is 0 Å². The molecule has 0 saturated heterocycles. The van der Waals surface area contributed by atoms with Crippen LogP contribution in [0.2, 0.25) is 0 Å². The second-order valence-corrected chi connectivity index (χ2v) is 6.29. The van der Waals surface area contributed by atoms with Crippen LogP contribution in [0.4, 0.5) is 8.78 Å². The lowest BCUT2D eigenvalue weighted by molar-refractivity contribution is 0.145. The van der Waals surface area contributed by atoms with Crippen LogP contribution in [0.1, 0.15) is 16.7 Å². The summed E-state index contributed by atoms with van der Waals surface area (Å²) in [6.07, 6.45) is 0.419. The number of aryl methyl sites for hydroxylation is 1. The van der Waals surface area contributed by atoms with Crippen molar-refractivity contribution in [2.24, 2.45) is 4.99 Å². The Labute approximate surface area is 164 Å². The van der Waals surface area contributed by atoms with E-state index in [9.17, 15) is 8.78 Å². The Morgan fingerprint density at radius 2 is 1.82 bits per heavy atom. The van der Waals surface area contributed by atoms with Gasteiger partial charge in [-0.2, -0.15) is 0 Å². The van der Waals surface area contributed by atoms with Crippen LogP contribution in [-0.4, -0.2) is 39.9 Å². The van der Waals surface area contributed by atoms with Crippen molar-refractivity contribution in [3.05, 3.63) is 64.7 Å². The highest BCUT2D eigenvalue weighted by atomic mass is 19.1. The number of ether oxygens (including phenoxy) is 2. The Bertz CT molecular complexity index is 797. The number of hydrogen-bond acceptors (Lipinski definition) is 3. The summed E-state index contributed by atoms with van der Waals surface area (Å²) >= 11 is 0. The van der Waals surface area contributed by atoms with E-state index in [2.05, 4.69) is 15.6 Å². The molecule has 28 heavy (non-hydrogen) atoms. The summed E-state index contributed by atoms with van der Waals surface area (Å²) in [6.45, 7) is 3.99. The summed E-state index contributed by atoms with van der Waals surface area (Å²) < 4.78 is 37.5. The van der Waals surface area contributed by atoms with Gasteiger partial charge in [0.15, 0.2) is 5.96 Å². The minimum Gasteiger partial charge on any atom is -0.491 e. The van der Waals surface area contributed by atoms with Gasteiger partial charge in [-0.1, -0.05) is 18.2 Å². The number of halogens is 2. The smallest absolute Gasteiger partial charge is 0.191 e. The van der Waals surface area contributed by atoms with Crippen molar-refractivity contribution in [1.82, 2.24) is 10.6 Å². The highest BCUT2D eigenvalue weighted by molar-refractivity contribution is 5.79. The topological polar surface area (TPSA) is 54.9 Å². The summed E-state index contributed by atoms with van der Waals surface area (Å²) in [7, 11) is 3.30. The van der Waals surface area contributed by atoms with Crippen LogP contribution in [0, 0.1) is 18.6 Å². The highest BCUT2D eigenvalue weighted by Crippen LogP contribution is 2.20. The first kappa shape index (κ1) is 21.6. The van der Waals surface area contributed by atoms with Crippen LogP contribution >= 0.6 is 0 Å². The molecular formula is C21H27F2N3O2. The fraction of sp³-hybridized carbons (Fsp3) is 0.381. The Hall–Kier alpha value is -2.67. The lowest BCUT2D eigenvalue weighted by Gasteiger charge is -2.15. The summed E-state index contributed by atoms with van der Waals surface area (Å²) in [5.41, 5.74) is 2.56. The van der Waals surface area contributed by atoms with Crippen LogP contribution in [0.5, 0.6) is 5.75 Å². The van der Waals surface area contributed by atoms with Crippen LogP contribution in [0.15, 0.2) is 41.4 Å². The standard InChI is InChI=1S/C21H27F2N3O2/c1-15-4-5-17(20(12-15)28-11-10-27-3)14-26-21(24-2)25-9-8-16-6-7-18(22)13-19(16)23/h4-7,12-13H,8-11,14H2,1-3H3,(H2,24,25,26). The molecule has 2 N–H and O–H groups in total. The molecule has 0 aromatic heterocycles. The van der Waals surface area contributed by atoms with Crippen molar-refractivity contribution in [3.8, 4) is 5.75 Å². The zero-order valence-corrected chi connectivity index (χ0v) is 16.5. The molecule has 0 atom stereocenters. The first-order valence-corrected chi connectivity index (χ1v) is 9.13. The first-order valence-electron chi connectivity index (χ1n) is 9.13. The van der Waals surface area contributed by atoms with Gasteiger partial charge in [0, 0.05) is 38.9 Å². The Morgan fingerprint density at radius 1 is 1.04 bits per heavy atom. The predicted octanol–water partition coefficient (Wildman–Crippen LogP) is 3.21. The van der Waals surface area contributed by atoms with Gasteiger partial charge in [-0.3, -0.25) is 4.99 Å². The number of methoxy groups -OCH3 is 1. The van der Waals surface area contributed by atoms with Gasteiger partial charge in [-0.05, 0) is 36.6 Å². The lowest BCUT2D eigenvalue weighted by atomic mass is 10.1. The molecule has 5 nitrogen and oxygen atoms in total. The fourth-order valence-corrected chi connectivity index (χ4v) is 2.62. The molecular weight excluding hydrogens is 364 g/mol. The van der Waals surface area contributed by atoms with Crippen molar-refractivity contribution in [1.29, 1.82) is 0 Å². The molecule has 152 valence electrons. The van der Waals surface area contributed by atoms with Crippen LogP contribution in [0.3, 0.4) is 0 Å². The van der Waals surface area contributed by atoms with Crippen LogP contribution in [-0.2, 0) is 17.7 Å². The third-order valence-electron chi connectivity index (χ3n) is 4.14. The molecule has 0 fully saturated rings. The Morgan fingerprint density at radius 3 is 2.54 bits per heavy atom. The van der Waals surface area contributed by atoms with Crippen LogP contribution in [0.25, 0.3) is 0 Å². The zero-order valence-electron chi connectivity index (χ0n) is 16.5. The quantitative estimate of drug-likeness (QED) is 0.392. The molecule has 0 amide bonds. The average molecular weight is 391 g/mol. The number of aliphatic imine (C=N–C) groups is 1. The molecule has 0 aliphatic rings. The molecule has 0 aliphatic heterocycles. The Kier molecular flexibility index (Phi) is 8.68. The molecule has 0 unspecified atom stereocenters.